The van der Waals surface area contributed by atoms with E-state index in [0.717, 1.165) is 5.56 Å². The quantitative estimate of drug-likeness (QED) is 0.679. The molecule has 2 aromatic rings. The number of carbonyl (C=O) groups excluding carboxylic acids is 1. The Morgan fingerprint density at radius 3 is 2.42 bits per heavy atom. The van der Waals surface area contributed by atoms with Gasteiger partial charge < -0.3 is 15.4 Å². The van der Waals surface area contributed by atoms with E-state index in [0.29, 0.717) is 18.8 Å². The maximum absolute atomic E-state index is 13.3. The van der Waals surface area contributed by atoms with Crippen LogP contribution in [0.15, 0.2) is 53.4 Å². The highest BCUT2D eigenvalue weighted by atomic mass is 32.2. The molecule has 0 bridgehead atoms. The molecular weight excluding hydrogens is 421 g/mol. The Bertz CT molecular complexity index is 1000. The van der Waals surface area contributed by atoms with Crippen molar-refractivity contribution < 1.29 is 22.3 Å². The van der Waals surface area contributed by atoms with Crippen molar-refractivity contribution in [2.24, 2.45) is 0 Å². The summed E-state index contributed by atoms with van der Waals surface area (Å²) in [6, 6.07) is 12.1. The highest BCUT2D eigenvalue weighted by molar-refractivity contribution is 7.89. The Morgan fingerprint density at radius 2 is 1.81 bits per heavy atom. The van der Waals surface area contributed by atoms with Crippen LogP contribution < -0.4 is 10.6 Å². The summed E-state index contributed by atoms with van der Waals surface area (Å²) < 4.78 is 46.2. The molecule has 1 fully saturated rings. The van der Waals surface area contributed by atoms with Gasteiger partial charge in [-0.05, 0) is 62.7 Å². The van der Waals surface area contributed by atoms with Crippen LogP contribution in [0.3, 0.4) is 0 Å². The monoisotopic (exact) mass is 449 g/mol. The lowest BCUT2D eigenvalue weighted by molar-refractivity contribution is -0.115. The predicted octanol–water partition coefficient (Wildman–Crippen LogP) is 2.91. The van der Waals surface area contributed by atoms with Crippen molar-refractivity contribution in [2.45, 2.75) is 43.9 Å². The predicted molar refractivity (Wildman–Crippen MR) is 117 cm³/mol. The second kappa shape index (κ2) is 9.86. The van der Waals surface area contributed by atoms with Gasteiger partial charge in [-0.3, -0.25) is 4.79 Å². The lowest BCUT2D eigenvalue weighted by Crippen LogP contribution is -2.48. The molecule has 3 unspecified atom stereocenters. The molecule has 3 rings (SSSR count). The van der Waals surface area contributed by atoms with E-state index >= 15 is 0 Å². The summed E-state index contributed by atoms with van der Waals surface area (Å²) in [7, 11) is -3.63. The Labute approximate surface area is 182 Å². The Hall–Kier alpha value is -2.33. The van der Waals surface area contributed by atoms with Gasteiger partial charge in [-0.15, -0.1) is 0 Å². The molecule has 1 saturated heterocycles. The van der Waals surface area contributed by atoms with Crippen LogP contribution in [0, 0.1) is 5.82 Å². The third kappa shape index (κ3) is 6.10. The third-order valence-electron chi connectivity index (χ3n) is 5.08. The number of hydrogen-bond acceptors (Lipinski definition) is 5. The van der Waals surface area contributed by atoms with E-state index in [2.05, 4.69) is 10.6 Å². The lowest BCUT2D eigenvalue weighted by atomic mass is 10.1. The lowest BCUT2D eigenvalue weighted by Gasteiger charge is -2.34. The third-order valence-corrected chi connectivity index (χ3v) is 6.93. The average Bonchev–Trinajstić information content (AvgIpc) is 2.71. The number of nitrogens with zero attached hydrogens (tertiary/aromatic N) is 1. The highest BCUT2D eigenvalue weighted by Crippen LogP contribution is 2.22. The van der Waals surface area contributed by atoms with Crippen molar-refractivity contribution >= 4 is 21.6 Å². The van der Waals surface area contributed by atoms with Crippen molar-refractivity contribution in [3.05, 3.63) is 59.9 Å². The smallest absolute Gasteiger partial charge is 0.243 e. The number of carbonyl (C=O) groups is 1. The number of benzene rings is 2. The van der Waals surface area contributed by atoms with Crippen molar-refractivity contribution in [3.8, 4) is 0 Å². The minimum atomic E-state index is -3.63. The fraction of sp³-hybridized carbons (Fsp3) is 0.409. The molecule has 1 amide bonds. The van der Waals surface area contributed by atoms with Crippen LogP contribution in [-0.4, -0.2) is 50.5 Å². The summed E-state index contributed by atoms with van der Waals surface area (Å²) in [5, 5.41) is 5.77. The number of nitrogens with one attached hydrogen (secondary N) is 2. The topological polar surface area (TPSA) is 87.7 Å². The first-order valence-electron chi connectivity index (χ1n) is 10.2. The zero-order valence-corrected chi connectivity index (χ0v) is 18.7. The standard InChI is InChI=1S/C22H28FN3O4S/c1-15-13-26(14-16(2)30-15)31(28,29)21-9-7-20(8-10-21)25-22(27)12-24-17(3)18-5-4-6-19(23)11-18/h4-11,15-17,24H,12-14H2,1-3H3,(H,25,27). The molecule has 0 spiro atoms. The van der Waals surface area contributed by atoms with E-state index in [1.165, 1.54) is 28.6 Å². The molecular formula is C22H28FN3O4S. The normalized spacial score (nSPS) is 20.9. The Balaban J connectivity index is 1.57. The average molecular weight is 450 g/mol. The van der Waals surface area contributed by atoms with E-state index in [9.17, 15) is 17.6 Å². The van der Waals surface area contributed by atoms with E-state index < -0.39 is 10.0 Å². The molecule has 0 aromatic heterocycles. The Morgan fingerprint density at radius 1 is 1.16 bits per heavy atom. The van der Waals surface area contributed by atoms with Gasteiger partial charge in [0.1, 0.15) is 5.82 Å². The van der Waals surface area contributed by atoms with Gasteiger partial charge >= 0.3 is 0 Å². The van der Waals surface area contributed by atoms with Gasteiger partial charge in [0.25, 0.3) is 0 Å². The molecule has 2 N–H and O–H groups in total. The summed E-state index contributed by atoms with van der Waals surface area (Å²) in [5.74, 6) is -0.610. The minimum absolute atomic E-state index is 0.0291. The van der Waals surface area contributed by atoms with E-state index in [-0.39, 0.29) is 41.4 Å². The van der Waals surface area contributed by atoms with Crippen molar-refractivity contribution in [1.82, 2.24) is 9.62 Å². The summed E-state index contributed by atoms with van der Waals surface area (Å²) in [6.07, 6.45) is -0.335. The van der Waals surface area contributed by atoms with Gasteiger partial charge in [-0.25, -0.2) is 12.8 Å². The number of hydrogen-bond donors (Lipinski definition) is 2. The van der Waals surface area contributed by atoms with Crippen LogP contribution in [0.25, 0.3) is 0 Å². The summed E-state index contributed by atoms with van der Waals surface area (Å²) in [5.41, 5.74) is 1.24. The first-order valence-corrected chi connectivity index (χ1v) is 11.6. The molecule has 31 heavy (non-hydrogen) atoms. The van der Waals surface area contributed by atoms with Crippen molar-refractivity contribution in [3.63, 3.8) is 0 Å². The molecule has 9 heteroatoms. The molecule has 0 saturated carbocycles. The first kappa shape index (κ1) is 23.3. The first-order chi connectivity index (χ1) is 14.6. The van der Waals surface area contributed by atoms with Gasteiger partial charge in [0.2, 0.25) is 15.9 Å². The molecule has 0 aliphatic carbocycles. The second-order valence-electron chi connectivity index (χ2n) is 7.81. The molecule has 1 aliphatic heterocycles. The summed E-state index contributed by atoms with van der Waals surface area (Å²) in [4.78, 5) is 12.4. The maximum Gasteiger partial charge on any atom is 0.243 e. The maximum atomic E-state index is 13.3. The molecule has 0 radical (unpaired) electrons. The number of amides is 1. The summed E-state index contributed by atoms with van der Waals surface area (Å²) in [6.45, 7) is 6.18. The SMILES string of the molecule is CC1CN(S(=O)(=O)c2ccc(NC(=O)CNC(C)c3cccc(F)c3)cc2)CC(C)O1. The van der Waals surface area contributed by atoms with Gasteiger partial charge in [0, 0.05) is 24.8 Å². The number of anilines is 1. The zero-order chi connectivity index (χ0) is 22.6. The molecule has 2 aromatic carbocycles. The number of halogens is 1. The fourth-order valence-electron chi connectivity index (χ4n) is 3.53. The van der Waals surface area contributed by atoms with E-state index in [1.807, 2.05) is 20.8 Å². The van der Waals surface area contributed by atoms with E-state index in [1.54, 1.807) is 24.3 Å². The molecule has 7 nitrogen and oxygen atoms in total. The van der Waals surface area contributed by atoms with Gasteiger partial charge in [0.15, 0.2) is 0 Å². The van der Waals surface area contributed by atoms with Crippen molar-refractivity contribution in [2.75, 3.05) is 25.0 Å². The number of rotatable bonds is 7. The van der Waals surface area contributed by atoms with Crippen LogP contribution in [0.5, 0.6) is 0 Å². The zero-order valence-electron chi connectivity index (χ0n) is 17.8. The van der Waals surface area contributed by atoms with E-state index in [4.69, 9.17) is 4.74 Å². The van der Waals surface area contributed by atoms with Gasteiger partial charge in [0.05, 0.1) is 23.6 Å². The molecule has 1 aliphatic rings. The Kier molecular flexibility index (Phi) is 7.42. The minimum Gasteiger partial charge on any atom is -0.373 e. The second-order valence-corrected chi connectivity index (χ2v) is 9.75. The van der Waals surface area contributed by atoms with Crippen LogP contribution in [-0.2, 0) is 19.6 Å². The molecule has 168 valence electrons. The van der Waals surface area contributed by atoms with Crippen molar-refractivity contribution in [1.29, 1.82) is 0 Å². The molecule has 3 atom stereocenters. The van der Waals surface area contributed by atoms with Crippen LogP contribution in [0.2, 0.25) is 0 Å². The summed E-state index contributed by atoms with van der Waals surface area (Å²) >= 11 is 0. The van der Waals surface area contributed by atoms with Gasteiger partial charge in [-0.1, -0.05) is 12.1 Å². The largest absolute Gasteiger partial charge is 0.373 e. The highest BCUT2D eigenvalue weighted by Gasteiger charge is 2.32. The fourth-order valence-corrected chi connectivity index (χ4v) is 5.12. The number of sulfonamides is 1. The van der Waals surface area contributed by atoms with Crippen LogP contribution >= 0.6 is 0 Å². The molecule has 1 heterocycles. The number of ether oxygens (including phenoxy) is 1. The van der Waals surface area contributed by atoms with Gasteiger partial charge in [-0.2, -0.15) is 4.31 Å². The van der Waals surface area contributed by atoms with Crippen LogP contribution in [0.4, 0.5) is 10.1 Å². The van der Waals surface area contributed by atoms with Crippen LogP contribution in [0.1, 0.15) is 32.4 Å². The number of morpholine rings is 1.